The molecule has 0 aliphatic rings. The molecule has 0 aliphatic carbocycles. The smallest absolute Gasteiger partial charge is 0.147 e. The van der Waals surface area contributed by atoms with Crippen molar-refractivity contribution in [3.63, 3.8) is 0 Å². The van der Waals surface area contributed by atoms with Crippen LogP contribution in [0.4, 0.5) is 4.39 Å². The highest BCUT2D eigenvalue weighted by atomic mass is 19.1. The Bertz CT molecular complexity index is 750. The zero-order valence-electron chi connectivity index (χ0n) is 11.7. The summed E-state index contributed by atoms with van der Waals surface area (Å²) in [4.78, 5) is 4.13. The second-order valence-corrected chi connectivity index (χ2v) is 5.03. The predicted molar refractivity (Wildman–Crippen MR) is 80.7 cm³/mol. The SMILES string of the molecule is Cc1ccc(F)c(-n2cncc2C(N)c2ccccc2)c1. The normalized spacial score (nSPS) is 12.3. The lowest BCUT2D eigenvalue weighted by molar-refractivity contribution is 0.613. The number of nitrogens with two attached hydrogens (primary N) is 1. The molecule has 0 aliphatic heterocycles. The number of benzene rings is 2. The maximum Gasteiger partial charge on any atom is 0.147 e. The van der Waals surface area contributed by atoms with Gasteiger partial charge < -0.3 is 5.73 Å². The van der Waals surface area contributed by atoms with E-state index in [2.05, 4.69) is 4.98 Å². The van der Waals surface area contributed by atoms with Gasteiger partial charge in [-0.05, 0) is 30.2 Å². The number of hydrogen-bond acceptors (Lipinski definition) is 2. The van der Waals surface area contributed by atoms with Crippen LogP contribution in [0.15, 0.2) is 61.1 Å². The highest BCUT2D eigenvalue weighted by molar-refractivity contribution is 5.40. The second-order valence-electron chi connectivity index (χ2n) is 5.03. The van der Waals surface area contributed by atoms with Crippen molar-refractivity contribution in [1.29, 1.82) is 0 Å². The van der Waals surface area contributed by atoms with E-state index in [1.807, 2.05) is 37.3 Å². The van der Waals surface area contributed by atoms with Crippen LogP contribution in [0.5, 0.6) is 0 Å². The van der Waals surface area contributed by atoms with Gasteiger partial charge in [-0.25, -0.2) is 9.37 Å². The van der Waals surface area contributed by atoms with Crippen LogP contribution in [0.25, 0.3) is 5.69 Å². The minimum atomic E-state index is -0.353. The third-order valence-corrected chi connectivity index (χ3v) is 3.51. The Hall–Kier alpha value is -2.46. The fraction of sp³-hybridized carbons (Fsp3) is 0.118. The Labute approximate surface area is 122 Å². The lowest BCUT2D eigenvalue weighted by Crippen LogP contribution is -2.16. The average Bonchev–Trinajstić information content (AvgIpc) is 2.99. The molecule has 0 saturated heterocycles. The first kappa shape index (κ1) is 13.5. The molecule has 1 heterocycles. The van der Waals surface area contributed by atoms with Gasteiger partial charge in [0.1, 0.15) is 5.82 Å². The third kappa shape index (κ3) is 2.58. The van der Waals surface area contributed by atoms with E-state index in [9.17, 15) is 4.39 Å². The second kappa shape index (κ2) is 5.50. The van der Waals surface area contributed by atoms with E-state index in [-0.39, 0.29) is 11.9 Å². The number of hydrogen-bond donors (Lipinski definition) is 1. The Morgan fingerprint density at radius 1 is 1.14 bits per heavy atom. The fourth-order valence-corrected chi connectivity index (χ4v) is 2.38. The van der Waals surface area contributed by atoms with Crippen LogP contribution >= 0.6 is 0 Å². The van der Waals surface area contributed by atoms with Gasteiger partial charge in [-0.15, -0.1) is 0 Å². The summed E-state index contributed by atoms with van der Waals surface area (Å²) < 4.78 is 15.8. The minimum Gasteiger partial charge on any atom is -0.319 e. The summed E-state index contributed by atoms with van der Waals surface area (Å²) in [5.74, 6) is -0.292. The summed E-state index contributed by atoms with van der Waals surface area (Å²) >= 11 is 0. The van der Waals surface area contributed by atoms with E-state index in [0.29, 0.717) is 5.69 Å². The third-order valence-electron chi connectivity index (χ3n) is 3.51. The van der Waals surface area contributed by atoms with Crippen molar-refractivity contribution in [1.82, 2.24) is 9.55 Å². The zero-order chi connectivity index (χ0) is 14.8. The van der Waals surface area contributed by atoms with Crippen molar-refractivity contribution in [2.75, 3.05) is 0 Å². The van der Waals surface area contributed by atoms with E-state index in [1.165, 1.54) is 6.07 Å². The van der Waals surface area contributed by atoms with Gasteiger partial charge in [0.15, 0.2) is 0 Å². The number of aromatic nitrogens is 2. The first-order valence-corrected chi connectivity index (χ1v) is 6.76. The van der Waals surface area contributed by atoms with Crippen LogP contribution < -0.4 is 5.73 Å². The van der Waals surface area contributed by atoms with Gasteiger partial charge in [-0.3, -0.25) is 4.57 Å². The Morgan fingerprint density at radius 2 is 1.90 bits per heavy atom. The highest BCUT2D eigenvalue weighted by Crippen LogP contribution is 2.24. The molecule has 0 spiro atoms. The van der Waals surface area contributed by atoms with E-state index < -0.39 is 0 Å². The highest BCUT2D eigenvalue weighted by Gasteiger charge is 2.16. The van der Waals surface area contributed by atoms with Crippen LogP contribution in [0.1, 0.15) is 22.9 Å². The van der Waals surface area contributed by atoms with E-state index in [4.69, 9.17) is 5.73 Å². The van der Waals surface area contributed by atoms with Crippen LogP contribution in [0.2, 0.25) is 0 Å². The van der Waals surface area contributed by atoms with Crippen molar-refractivity contribution in [3.8, 4) is 5.69 Å². The molecule has 1 aromatic heterocycles. The molecule has 3 nitrogen and oxygen atoms in total. The van der Waals surface area contributed by atoms with Crippen LogP contribution in [0, 0.1) is 12.7 Å². The number of imidazole rings is 1. The molecular weight excluding hydrogens is 265 g/mol. The van der Waals surface area contributed by atoms with E-state index in [0.717, 1.165) is 16.8 Å². The Balaban J connectivity index is 2.07. The van der Waals surface area contributed by atoms with Gasteiger partial charge in [0, 0.05) is 0 Å². The van der Waals surface area contributed by atoms with E-state index >= 15 is 0 Å². The first-order chi connectivity index (χ1) is 10.2. The van der Waals surface area contributed by atoms with Crippen molar-refractivity contribution in [2.24, 2.45) is 5.73 Å². The van der Waals surface area contributed by atoms with Gasteiger partial charge in [-0.2, -0.15) is 0 Å². The molecule has 0 radical (unpaired) electrons. The van der Waals surface area contributed by atoms with Gasteiger partial charge >= 0.3 is 0 Å². The van der Waals surface area contributed by atoms with Crippen molar-refractivity contribution >= 4 is 0 Å². The molecule has 21 heavy (non-hydrogen) atoms. The molecule has 3 aromatic rings. The van der Waals surface area contributed by atoms with Crippen molar-refractivity contribution in [3.05, 3.63) is 83.7 Å². The number of halogens is 1. The summed E-state index contributed by atoms with van der Waals surface area (Å²) in [7, 11) is 0. The molecule has 0 bridgehead atoms. The summed E-state index contributed by atoms with van der Waals surface area (Å²) in [5, 5.41) is 0. The number of aryl methyl sites for hydroxylation is 1. The van der Waals surface area contributed by atoms with Crippen molar-refractivity contribution < 1.29 is 4.39 Å². The topological polar surface area (TPSA) is 43.8 Å². The average molecular weight is 281 g/mol. The van der Waals surface area contributed by atoms with Gasteiger partial charge in [0.2, 0.25) is 0 Å². The summed E-state index contributed by atoms with van der Waals surface area (Å²) in [6, 6.07) is 14.4. The molecule has 0 amide bonds. The molecule has 2 aromatic carbocycles. The number of nitrogens with zero attached hydrogens (tertiary/aromatic N) is 2. The maximum absolute atomic E-state index is 14.1. The van der Waals surface area contributed by atoms with Gasteiger partial charge in [0.05, 0.1) is 29.9 Å². The minimum absolute atomic E-state index is 0.292. The molecule has 1 unspecified atom stereocenters. The van der Waals surface area contributed by atoms with Crippen LogP contribution in [-0.2, 0) is 0 Å². The van der Waals surface area contributed by atoms with Crippen molar-refractivity contribution in [2.45, 2.75) is 13.0 Å². The monoisotopic (exact) mass is 281 g/mol. The summed E-state index contributed by atoms with van der Waals surface area (Å²) in [6.07, 6.45) is 3.27. The molecule has 2 N–H and O–H groups in total. The summed E-state index contributed by atoms with van der Waals surface area (Å²) in [5.41, 5.74) is 9.48. The van der Waals surface area contributed by atoms with Gasteiger partial charge in [-0.1, -0.05) is 36.4 Å². The lowest BCUT2D eigenvalue weighted by Gasteiger charge is -2.16. The molecular formula is C17H16FN3. The Kier molecular flexibility index (Phi) is 3.54. The zero-order valence-corrected chi connectivity index (χ0v) is 11.7. The molecule has 106 valence electrons. The van der Waals surface area contributed by atoms with E-state index in [1.54, 1.807) is 29.2 Å². The predicted octanol–water partition coefficient (Wildman–Crippen LogP) is 3.37. The fourth-order valence-electron chi connectivity index (χ4n) is 2.38. The molecule has 0 fully saturated rings. The van der Waals surface area contributed by atoms with Crippen LogP contribution in [-0.4, -0.2) is 9.55 Å². The molecule has 1 atom stereocenters. The molecule has 3 rings (SSSR count). The Morgan fingerprint density at radius 3 is 2.67 bits per heavy atom. The van der Waals surface area contributed by atoms with Gasteiger partial charge in [0.25, 0.3) is 0 Å². The first-order valence-electron chi connectivity index (χ1n) is 6.76. The quantitative estimate of drug-likeness (QED) is 0.800. The maximum atomic E-state index is 14.1. The lowest BCUT2D eigenvalue weighted by atomic mass is 10.0. The van der Waals surface area contributed by atoms with Crippen LogP contribution in [0.3, 0.4) is 0 Å². The standard InChI is InChI=1S/C17H16FN3/c1-12-7-8-14(18)15(9-12)21-11-20-10-16(21)17(19)13-5-3-2-4-6-13/h2-11,17H,19H2,1H3. The number of rotatable bonds is 3. The molecule has 0 saturated carbocycles. The summed E-state index contributed by atoms with van der Waals surface area (Å²) in [6.45, 7) is 1.93. The largest absolute Gasteiger partial charge is 0.319 e. The molecule has 4 heteroatoms.